The average Bonchev–Trinajstić information content (AvgIpc) is 2.45. The molecule has 0 fully saturated rings. The minimum Gasteiger partial charge on any atom is -0.493 e. The van der Waals surface area contributed by atoms with Crippen molar-refractivity contribution in [3.63, 3.8) is 0 Å². The number of thiocarbonyl (C=S) groups is 1. The Labute approximate surface area is 119 Å². The highest BCUT2D eigenvalue weighted by Crippen LogP contribution is 2.30. The third kappa shape index (κ3) is 4.75. The predicted octanol–water partition coefficient (Wildman–Crippen LogP) is 1.91. The fourth-order valence-electron chi connectivity index (χ4n) is 1.37. The fraction of sp³-hybridized carbons (Fsp3) is 0.385. The van der Waals surface area contributed by atoms with Crippen molar-refractivity contribution in [2.45, 2.75) is 13.3 Å². The van der Waals surface area contributed by atoms with Gasteiger partial charge in [0.2, 0.25) is 0 Å². The first kappa shape index (κ1) is 15.2. The van der Waals surface area contributed by atoms with Gasteiger partial charge in [0, 0.05) is 12.6 Å². The van der Waals surface area contributed by atoms with E-state index in [2.05, 4.69) is 22.8 Å². The average molecular weight is 281 g/mol. The van der Waals surface area contributed by atoms with Crippen LogP contribution >= 0.6 is 12.2 Å². The Kier molecular flexibility index (Phi) is 6.67. The molecule has 1 aromatic rings. The van der Waals surface area contributed by atoms with E-state index in [1.54, 1.807) is 20.4 Å². The lowest BCUT2D eigenvalue weighted by molar-refractivity contribution is 0.294. The Hall–Kier alpha value is -1.82. The van der Waals surface area contributed by atoms with Crippen LogP contribution in [0.15, 0.2) is 23.3 Å². The van der Waals surface area contributed by atoms with Gasteiger partial charge in [-0.1, -0.05) is 13.0 Å². The van der Waals surface area contributed by atoms with Crippen LogP contribution in [0.5, 0.6) is 11.5 Å². The number of ether oxygens (including phenoxy) is 2. The smallest absolute Gasteiger partial charge is 0.186 e. The van der Waals surface area contributed by atoms with Gasteiger partial charge in [0.15, 0.2) is 16.6 Å². The number of nitrogens with one attached hydrogen (secondary N) is 2. The van der Waals surface area contributed by atoms with Crippen LogP contribution in [0, 0.1) is 0 Å². The number of benzene rings is 1. The molecule has 0 spiro atoms. The number of hydrogen-bond donors (Lipinski definition) is 2. The zero-order chi connectivity index (χ0) is 14.1. The molecule has 5 nitrogen and oxygen atoms in total. The van der Waals surface area contributed by atoms with Gasteiger partial charge in [0.1, 0.15) is 0 Å². The summed E-state index contributed by atoms with van der Waals surface area (Å²) in [6, 6.07) is 5.64. The maximum Gasteiger partial charge on any atom is 0.186 e. The topological polar surface area (TPSA) is 54.9 Å². The first-order valence-electron chi connectivity index (χ1n) is 6.03. The summed E-state index contributed by atoms with van der Waals surface area (Å²) in [5.41, 5.74) is 3.53. The zero-order valence-electron chi connectivity index (χ0n) is 11.4. The molecule has 2 N–H and O–H groups in total. The lowest BCUT2D eigenvalue weighted by Gasteiger charge is -2.12. The number of nitrogens with zero attached hydrogens (tertiary/aromatic N) is 1. The molecule has 0 aliphatic rings. The van der Waals surface area contributed by atoms with Crippen LogP contribution in [0.4, 0.5) is 0 Å². The highest BCUT2D eigenvalue weighted by molar-refractivity contribution is 7.80. The second-order valence-corrected chi connectivity index (χ2v) is 4.08. The summed E-state index contributed by atoms with van der Waals surface area (Å²) in [7, 11) is 3.34. The summed E-state index contributed by atoms with van der Waals surface area (Å²) in [6.45, 7) is 2.68. The van der Waals surface area contributed by atoms with Gasteiger partial charge in [-0.15, -0.1) is 0 Å². The predicted molar refractivity (Wildman–Crippen MR) is 81.2 cm³/mol. The van der Waals surface area contributed by atoms with Gasteiger partial charge >= 0.3 is 0 Å². The molecule has 0 radical (unpaired) electrons. The number of hydrogen-bond acceptors (Lipinski definition) is 4. The van der Waals surface area contributed by atoms with E-state index in [0.717, 1.165) is 12.0 Å². The van der Waals surface area contributed by atoms with Crippen LogP contribution in [-0.4, -0.2) is 32.1 Å². The normalized spacial score (nSPS) is 10.3. The zero-order valence-corrected chi connectivity index (χ0v) is 12.2. The number of rotatable bonds is 6. The van der Waals surface area contributed by atoms with Crippen LogP contribution in [-0.2, 0) is 0 Å². The quantitative estimate of drug-likeness (QED) is 0.474. The van der Waals surface area contributed by atoms with Crippen molar-refractivity contribution >= 4 is 23.5 Å². The van der Waals surface area contributed by atoms with E-state index >= 15 is 0 Å². The van der Waals surface area contributed by atoms with Crippen LogP contribution < -0.4 is 20.2 Å². The van der Waals surface area contributed by atoms with Crippen LogP contribution in [0.1, 0.15) is 18.9 Å². The van der Waals surface area contributed by atoms with E-state index in [4.69, 9.17) is 21.7 Å². The van der Waals surface area contributed by atoms with Gasteiger partial charge in [0.05, 0.1) is 19.9 Å². The lowest BCUT2D eigenvalue weighted by atomic mass is 10.2. The molecule has 0 aromatic heterocycles. The first-order chi connectivity index (χ1) is 9.22. The van der Waals surface area contributed by atoms with Gasteiger partial charge in [-0.2, -0.15) is 5.10 Å². The molecule has 0 saturated heterocycles. The number of para-hydroxylation sites is 1. The monoisotopic (exact) mass is 281 g/mol. The van der Waals surface area contributed by atoms with Crippen molar-refractivity contribution in [3.8, 4) is 11.5 Å². The van der Waals surface area contributed by atoms with Gasteiger partial charge in [-0.05, 0) is 30.8 Å². The van der Waals surface area contributed by atoms with Gasteiger partial charge in [-0.3, -0.25) is 5.43 Å². The summed E-state index contributed by atoms with van der Waals surface area (Å²) >= 11 is 4.93. The maximum atomic E-state index is 5.70. The number of methoxy groups -OCH3 is 1. The Morgan fingerprint density at radius 2 is 2.26 bits per heavy atom. The molecule has 0 unspecified atom stereocenters. The molecule has 0 heterocycles. The molecule has 0 saturated carbocycles. The molecule has 0 amide bonds. The lowest BCUT2D eigenvalue weighted by Crippen LogP contribution is -2.28. The van der Waals surface area contributed by atoms with Crippen molar-refractivity contribution < 1.29 is 9.47 Å². The second kappa shape index (κ2) is 8.31. The maximum absolute atomic E-state index is 5.70. The molecule has 0 aliphatic carbocycles. The van der Waals surface area contributed by atoms with Gasteiger partial charge in [0.25, 0.3) is 0 Å². The van der Waals surface area contributed by atoms with E-state index in [-0.39, 0.29) is 0 Å². The molecule has 0 bridgehead atoms. The summed E-state index contributed by atoms with van der Waals surface area (Å²) in [5.74, 6) is 1.38. The summed E-state index contributed by atoms with van der Waals surface area (Å²) in [5, 5.41) is 7.27. The van der Waals surface area contributed by atoms with Crippen molar-refractivity contribution in [3.05, 3.63) is 23.8 Å². The van der Waals surface area contributed by atoms with Gasteiger partial charge < -0.3 is 14.8 Å². The number of hydrazone groups is 1. The molecular weight excluding hydrogens is 262 g/mol. The Morgan fingerprint density at radius 1 is 1.47 bits per heavy atom. The SMILES string of the molecule is CCCOc1c(/C=N/NC(=S)NC)cccc1OC. The van der Waals surface area contributed by atoms with E-state index in [9.17, 15) is 0 Å². The van der Waals surface area contributed by atoms with Crippen molar-refractivity contribution in [2.75, 3.05) is 20.8 Å². The molecular formula is C13H19N3O2S. The molecule has 0 aliphatic heterocycles. The highest BCUT2D eigenvalue weighted by Gasteiger charge is 2.08. The molecule has 19 heavy (non-hydrogen) atoms. The van der Waals surface area contributed by atoms with E-state index < -0.39 is 0 Å². The highest BCUT2D eigenvalue weighted by atomic mass is 32.1. The third-order valence-corrected chi connectivity index (χ3v) is 2.57. The largest absolute Gasteiger partial charge is 0.493 e. The van der Waals surface area contributed by atoms with Crippen LogP contribution in [0.25, 0.3) is 0 Å². The molecule has 104 valence electrons. The standard InChI is InChI=1S/C13H19N3O2S/c1-4-8-18-12-10(6-5-7-11(12)17-3)9-15-16-13(19)14-2/h5-7,9H,4,8H2,1-3H3,(H2,14,16,19)/b15-9+. The van der Waals surface area contributed by atoms with Crippen molar-refractivity contribution in [1.29, 1.82) is 0 Å². The van der Waals surface area contributed by atoms with Gasteiger partial charge in [-0.25, -0.2) is 0 Å². The molecule has 1 aromatic carbocycles. The Morgan fingerprint density at radius 3 is 2.89 bits per heavy atom. The van der Waals surface area contributed by atoms with Crippen LogP contribution in [0.3, 0.4) is 0 Å². The molecule has 6 heteroatoms. The van der Waals surface area contributed by atoms with E-state index in [0.29, 0.717) is 23.2 Å². The molecule has 1 rings (SSSR count). The summed E-state index contributed by atoms with van der Waals surface area (Å²) < 4.78 is 11.0. The Balaban J connectivity index is 2.88. The van der Waals surface area contributed by atoms with Crippen LogP contribution in [0.2, 0.25) is 0 Å². The van der Waals surface area contributed by atoms with Crippen molar-refractivity contribution in [1.82, 2.24) is 10.7 Å². The minimum atomic E-state index is 0.454. The summed E-state index contributed by atoms with van der Waals surface area (Å²) in [6.07, 6.45) is 2.58. The van der Waals surface area contributed by atoms with Crippen molar-refractivity contribution in [2.24, 2.45) is 5.10 Å². The fourth-order valence-corrected chi connectivity index (χ4v) is 1.42. The minimum absolute atomic E-state index is 0.454. The van der Waals surface area contributed by atoms with E-state index in [1.807, 2.05) is 18.2 Å². The molecule has 0 atom stereocenters. The first-order valence-corrected chi connectivity index (χ1v) is 6.44. The Bertz CT molecular complexity index is 450. The summed E-state index contributed by atoms with van der Waals surface area (Å²) in [4.78, 5) is 0. The van der Waals surface area contributed by atoms with E-state index in [1.165, 1.54) is 0 Å². The third-order valence-electron chi connectivity index (χ3n) is 2.28. The second-order valence-electron chi connectivity index (χ2n) is 3.68.